The molecule has 0 atom stereocenters. The van der Waals surface area contributed by atoms with Gasteiger partial charge >= 0.3 is 0 Å². The van der Waals surface area contributed by atoms with Crippen LogP contribution in [0.25, 0.3) is 0 Å². The number of nitrogens with one attached hydrogen (secondary N) is 3. The second-order valence-electron chi connectivity index (χ2n) is 2.29. The van der Waals surface area contributed by atoms with Crippen molar-refractivity contribution in [3.63, 3.8) is 0 Å². The van der Waals surface area contributed by atoms with Crippen LogP contribution in [-0.4, -0.2) is 17.9 Å². The zero-order valence-corrected chi connectivity index (χ0v) is 8.97. The lowest BCUT2D eigenvalue weighted by molar-refractivity contribution is -0.500. The van der Waals surface area contributed by atoms with Gasteiger partial charge in [-0.3, -0.25) is 0 Å². The van der Waals surface area contributed by atoms with Gasteiger partial charge in [0.1, 0.15) is 0 Å². The van der Waals surface area contributed by atoms with Crippen LogP contribution in [0, 0.1) is 0 Å². The first-order valence-corrected chi connectivity index (χ1v) is 5.28. The third kappa shape index (κ3) is 4.00. The van der Waals surface area contributed by atoms with Crippen molar-refractivity contribution in [1.82, 2.24) is 10.7 Å². The van der Waals surface area contributed by atoms with E-state index in [1.165, 1.54) is 0 Å². The Bertz CT molecular complexity index is 280. The fourth-order valence-corrected chi connectivity index (χ4v) is 1.55. The van der Waals surface area contributed by atoms with E-state index < -0.39 is 0 Å². The molecule has 1 rings (SSSR count). The highest BCUT2D eigenvalue weighted by Gasteiger charge is 1.93. The van der Waals surface area contributed by atoms with Crippen LogP contribution in [-0.2, 0) is 0 Å². The van der Waals surface area contributed by atoms with Gasteiger partial charge < -0.3 is 5.32 Å². The van der Waals surface area contributed by atoms with E-state index in [-0.39, 0.29) is 0 Å². The Morgan fingerprint density at radius 1 is 1.77 bits per heavy atom. The molecule has 0 saturated heterocycles. The Morgan fingerprint density at radius 2 is 2.62 bits per heavy atom. The van der Waals surface area contributed by atoms with E-state index in [0.29, 0.717) is 5.11 Å². The molecule has 5 heteroatoms. The average molecular weight is 214 g/mol. The summed E-state index contributed by atoms with van der Waals surface area (Å²) in [4.78, 5) is 1.16. The summed E-state index contributed by atoms with van der Waals surface area (Å²) in [5.74, 6) is 0. The lowest BCUT2D eigenvalue weighted by Crippen LogP contribution is -2.82. The third-order valence-corrected chi connectivity index (χ3v) is 2.35. The van der Waals surface area contributed by atoms with Gasteiger partial charge in [-0.05, 0) is 30.6 Å². The zero-order chi connectivity index (χ0) is 9.52. The number of thiophene rings is 1. The summed E-state index contributed by atoms with van der Waals surface area (Å²) in [6.45, 7) is 2.82. The molecule has 0 saturated carbocycles. The highest BCUT2D eigenvalue weighted by molar-refractivity contribution is 7.80. The highest BCUT2D eigenvalue weighted by Crippen LogP contribution is 2.02. The van der Waals surface area contributed by atoms with Gasteiger partial charge in [-0.15, -0.1) is 21.9 Å². The summed E-state index contributed by atoms with van der Waals surface area (Å²) < 4.78 is 0. The topological polar surface area (TPSA) is 38.0 Å². The van der Waals surface area contributed by atoms with E-state index in [1.807, 2.05) is 30.7 Å². The molecule has 1 aromatic rings. The molecule has 3 nitrogen and oxygen atoms in total. The minimum absolute atomic E-state index is 0.607. The van der Waals surface area contributed by atoms with Crippen LogP contribution in [0.2, 0.25) is 0 Å². The lowest BCUT2D eigenvalue weighted by atomic mass is 10.5. The van der Waals surface area contributed by atoms with Gasteiger partial charge in [0, 0.05) is 6.54 Å². The van der Waals surface area contributed by atoms with Crippen molar-refractivity contribution in [1.29, 1.82) is 0 Å². The number of hydrazone groups is 1. The third-order valence-electron chi connectivity index (χ3n) is 1.28. The molecule has 1 aromatic heterocycles. The summed E-state index contributed by atoms with van der Waals surface area (Å²) >= 11 is 6.61. The predicted octanol–water partition coefficient (Wildman–Crippen LogP) is -0.353. The van der Waals surface area contributed by atoms with E-state index in [9.17, 15) is 0 Å². The number of rotatable bonds is 3. The van der Waals surface area contributed by atoms with Gasteiger partial charge in [0.2, 0.25) is 11.3 Å². The number of hydrogen-bond acceptors (Lipinski definition) is 2. The van der Waals surface area contributed by atoms with Gasteiger partial charge in [-0.25, -0.2) is 0 Å². The monoisotopic (exact) mass is 214 g/mol. The quantitative estimate of drug-likeness (QED) is 0.366. The Kier molecular flexibility index (Phi) is 4.42. The minimum Gasteiger partial charge on any atom is -0.359 e. The first-order chi connectivity index (χ1) is 6.33. The minimum atomic E-state index is 0.607. The normalized spacial score (nSPS) is 10.2. The highest BCUT2D eigenvalue weighted by atomic mass is 32.1. The molecule has 0 amide bonds. The summed E-state index contributed by atoms with van der Waals surface area (Å²) in [6, 6.07) is 4.02. The van der Waals surface area contributed by atoms with Crippen molar-refractivity contribution in [3.8, 4) is 0 Å². The molecule has 0 bridgehead atoms. The average Bonchev–Trinajstić information content (AvgIpc) is 2.57. The van der Waals surface area contributed by atoms with Crippen molar-refractivity contribution in [2.45, 2.75) is 6.92 Å². The van der Waals surface area contributed by atoms with E-state index in [4.69, 9.17) is 12.2 Å². The molecule has 0 aliphatic carbocycles. The molecule has 0 spiro atoms. The summed E-state index contributed by atoms with van der Waals surface area (Å²) in [5, 5.41) is 8.50. The van der Waals surface area contributed by atoms with E-state index in [2.05, 4.69) is 15.8 Å². The van der Waals surface area contributed by atoms with Gasteiger partial charge in [0.15, 0.2) is 0 Å². The second-order valence-corrected chi connectivity index (χ2v) is 3.68. The van der Waals surface area contributed by atoms with Gasteiger partial charge in [0.25, 0.3) is 0 Å². The molecule has 1 heterocycles. The first kappa shape index (κ1) is 10.1. The molecular formula is C8H12N3S2+. The summed E-state index contributed by atoms with van der Waals surface area (Å²) in [5.41, 5.74) is 2.84. The fraction of sp³-hybridized carbons (Fsp3) is 0.250. The van der Waals surface area contributed by atoms with Crippen LogP contribution in [0.4, 0.5) is 0 Å². The van der Waals surface area contributed by atoms with Gasteiger partial charge in [-0.2, -0.15) is 0 Å². The smallest absolute Gasteiger partial charge is 0.223 e. The maximum Gasteiger partial charge on any atom is 0.223 e. The molecule has 3 N–H and O–H groups in total. The van der Waals surface area contributed by atoms with Crippen molar-refractivity contribution < 1.29 is 5.10 Å². The molecule has 0 aromatic carbocycles. The van der Waals surface area contributed by atoms with Crippen LogP contribution in [0.15, 0.2) is 17.5 Å². The van der Waals surface area contributed by atoms with E-state index in [1.54, 1.807) is 11.3 Å². The molecule has 70 valence electrons. The van der Waals surface area contributed by atoms with Crippen molar-refractivity contribution in [2.75, 3.05) is 6.54 Å². The molecule has 0 aliphatic rings. The molecule has 0 radical (unpaired) electrons. The summed E-state index contributed by atoms with van der Waals surface area (Å²) in [6.07, 6.45) is 1.87. The first-order valence-electron chi connectivity index (χ1n) is 3.99. The van der Waals surface area contributed by atoms with Crippen molar-refractivity contribution in [2.24, 2.45) is 0 Å². The van der Waals surface area contributed by atoms with Crippen LogP contribution in [0.5, 0.6) is 0 Å². The predicted molar refractivity (Wildman–Crippen MR) is 59.9 cm³/mol. The largest absolute Gasteiger partial charge is 0.359 e. The Labute approximate surface area is 86.9 Å². The molecular weight excluding hydrogens is 202 g/mol. The Balaban J connectivity index is 2.30. The number of hydrogen-bond donors (Lipinski definition) is 3. The maximum atomic E-state index is 4.95. The summed E-state index contributed by atoms with van der Waals surface area (Å²) in [7, 11) is 0. The van der Waals surface area contributed by atoms with E-state index in [0.717, 1.165) is 11.4 Å². The second kappa shape index (κ2) is 5.66. The molecule has 13 heavy (non-hydrogen) atoms. The molecule has 0 unspecified atom stereocenters. The van der Waals surface area contributed by atoms with Crippen LogP contribution in [0.3, 0.4) is 0 Å². The van der Waals surface area contributed by atoms with Crippen molar-refractivity contribution >= 4 is 34.9 Å². The Morgan fingerprint density at radius 3 is 3.23 bits per heavy atom. The molecule has 0 fully saturated rings. The Hall–Kier alpha value is -0.940. The maximum absolute atomic E-state index is 4.95. The van der Waals surface area contributed by atoms with Crippen LogP contribution in [0.1, 0.15) is 11.8 Å². The fourth-order valence-electron chi connectivity index (χ4n) is 0.751. The standard InChI is InChI=1S/C8H11N3S2/c1-2-9-8(12)11-10-6-7-4-3-5-13-7/h3-6H,2H2,1H3,(H2,9,11,12)/p+1. The van der Waals surface area contributed by atoms with Gasteiger partial charge in [0.05, 0.1) is 4.88 Å². The SMILES string of the molecule is CCNC(=S)N[NH+]=Cc1cccs1. The van der Waals surface area contributed by atoms with Crippen LogP contribution < -0.4 is 15.8 Å². The molecule has 0 aliphatic heterocycles. The lowest BCUT2D eigenvalue weighted by Gasteiger charge is -1.97. The van der Waals surface area contributed by atoms with Crippen LogP contribution >= 0.6 is 23.6 Å². The zero-order valence-electron chi connectivity index (χ0n) is 7.33. The van der Waals surface area contributed by atoms with E-state index >= 15 is 0 Å². The van der Waals surface area contributed by atoms with Gasteiger partial charge in [-0.1, -0.05) is 6.07 Å². The number of hydrazine groups is 1. The number of thiocarbonyl (C=S) groups is 1. The van der Waals surface area contributed by atoms with Crippen molar-refractivity contribution in [3.05, 3.63) is 22.4 Å².